The maximum Gasteiger partial charge on any atom is 0.408 e. The summed E-state index contributed by atoms with van der Waals surface area (Å²) in [6, 6.07) is 1.15. The van der Waals surface area contributed by atoms with Crippen LogP contribution in [0.25, 0.3) is 5.65 Å². The van der Waals surface area contributed by atoms with E-state index >= 15 is 0 Å². The number of fused-ring (bicyclic) bond motifs is 1. The molecule has 2 aromatic heterocycles. The number of halogens is 4. The molecule has 0 spiro atoms. The number of nitrogens with one attached hydrogen (secondary N) is 2. The van der Waals surface area contributed by atoms with Crippen LogP contribution in [-0.2, 0) is 11.3 Å². The standard InChI is InChI=1S/C24H34F4N6O2/c1-22(2,3)36-21(35)33-20(15-4-6-23(25,26)7-5-15)18-13-34-19(32-18)8-14(11-31-34)10-30-12-17-16(9-29)24(17,27)28/h8,11,13,15-17,20,30H,4-7,9-10,12,29H2,1-3H3,(H,33,35)/t16-,17+,20-/m0/s1. The van der Waals surface area contributed by atoms with Gasteiger partial charge in [-0.25, -0.2) is 31.9 Å². The van der Waals surface area contributed by atoms with E-state index in [0.717, 1.165) is 5.56 Å². The Balaban J connectivity index is 1.47. The van der Waals surface area contributed by atoms with E-state index in [1.807, 2.05) is 0 Å². The van der Waals surface area contributed by atoms with Crippen molar-refractivity contribution in [3.63, 3.8) is 0 Å². The molecule has 2 aliphatic carbocycles. The Morgan fingerprint density at radius 2 is 1.94 bits per heavy atom. The maximum absolute atomic E-state index is 13.8. The molecule has 2 aromatic rings. The van der Waals surface area contributed by atoms with Gasteiger partial charge in [0.05, 0.1) is 24.1 Å². The number of nitrogens with two attached hydrogens (primary N) is 1. The second kappa shape index (κ2) is 9.77. The molecule has 12 heteroatoms. The molecule has 2 aliphatic rings. The van der Waals surface area contributed by atoms with Crippen molar-refractivity contribution in [2.75, 3.05) is 13.1 Å². The number of hydrogen-bond donors (Lipinski definition) is 3. The summed E-state index contributed by atoms with van der Waals surface area (Å²) >= 11 is 0. The van der Waals surface area contributed by atoms with Gasteiger partial charge in [0.2, 0.25) is 5.92 Å². The average molecular weight is 515 g/mol. The topological polar surface area (TPSA) is 107 Å². The summed E-state index contributed by atoms with van der Waals surface area (Å²) in [6.45, 7) is 5.66. The first-order valence-electron chi connectivity index (χ1n) is 12.3. The molecule has 4 N–H and O–H groups in total. The van der Waals surface area contributed by atoms with Crippen LogP contribution in [0.4, 0.5) is 22.4 Å². The number of imidazole rings is 1. The molecule has 4 rings (SSSR count). The number of rotatable bonds is 8. The number of hydrogen-bond acceptors (Lipinski definition) is 6. The number of carbonyl (C=O) groups excluding carboxylic acids is 1. The van der Waals surface area contributed by atoms with Crippen molar-refractivity contribution >= 4 is 11.7 Å². The van der Waals surface area contributed by atoms with Crippen LogP contribution in [0.15, 0.2) is 18.5 Å². The zero-order valence-electron chi connectivity index (χ0n) is 20.7. The van der Waals surface area contributed by atoms with E-state index in [9.17, 15) is 22.4 Å². The lowest BCUT2D eigenvalue weighted by atomic mass is 9.81. The molecule has 36 heavy (non-hydrogen) atoms. The Morgan fingerprint density at radius 3 is 2.56 bits per heavy atom. The van der Waals surface area contributed by atoms with Crippen LogP contribution in [0.2, 0.25) is 0 Å². The number of amides is 1. The highest BCUT2D eigenvalue weighted by Crippen LogP contribution is 2.54. The quantitative estimate of drug-likeness (QED) is 0.459. The van der Waals surface area contributed by atoms with Crippen molar-refractivity contribution < 1.29 is 27.1 Å². The van der Waals surface area contributed by atoms with Gasteiger partial charge in [0.1, 0.15) is 5.60 Å². The second-order valence-electron chi connectivity index (χ2n) is 10.9. The molecule has 0 aromatic carbocycles. The number of alkyl carbamates (subject to hydrolysis) is 1. The van der Waals surface area contributed by atoms with Gasteiger partial charge in [-0.05, 0) is 51.2 Å². The number of aromatic nitrogens is 3. The molecular formula is C24H34F4N6O2. The van der Waals surface area contributed by atoms with Gasteiger partial charge in [0, 0.05) is 44.3 Å². The van der Waals surface area contributed by atoms with Gasteiger partial charge in [0.15, 0.2) is 5.65 Å². The Bertz CT molecular complexity index is 1080. The fourth-order valence-corrected chi connectivity index (χ4v) is 4.88. The van der Waals surface area contributed by atoms with E-state index in [-0.39, 0.29) is 44.7 Å². The number of ether oxygens (including phenoxy) is 1. The van der Waals surface area contributed by atoms with Crippen LogP contribution < -0.4 is 16.4 Å². The van der Waals surface area contributed by atoms with Crippen LogP contribution in [0, 0.1) is 17.8 Å². The third kappa shape index (κ3) is 6.08. The van der Waals surface area contributed by atoms with Crippen molar-refractivity contribution in [3.8, 4) is 0 Å². The van der Waals surface area contributed by atoms with E-state index in [1.165, 1.54) is 0 Å². The predicted octanol–water partition coefficient (Wildman–Crippen LogP) is 4.05. The fraction of sp³-hybridized carbons (Fsp3) is 0.708. The summed E-state index contributed by atoms with van der Waals surface area (Å²) in [5, 5.41) is 10.2. The first kappa shape index (κ1) is 26.6. The highest BCUT2D eigenvalue weighted by Gasteiger charge is 2.66. The van der Waals surface area contributed by atoms with Gasteiger partial charge in [-0.2, -0.15) is 5.10 Å². The largest absolute Gasteiger partial charge is 0.444 e. The molecule has 200 valence electrons. The van der Waals surface area contributed by atoms with Crippen LogP contribution >= 0.6 is 0 Å². The monoisotopic (exact) mass is 514 g/mol. The third-order valence-corrected chi connectivity index (χ3v) is 6.93. The van der Waals surface area contributed by atoms with Crippen LogP contribution in [-0.4, -0.2) is 51.2 Å². The SMILES string of the molecule is CC(C)(C)OC(=O)N[C@H](c1cn2ncc(CNC[C@@H]3[C@H](CN)C3(F)F)cc2n1)C1CCC(F)(F)CC1. The zero-order chi connectivity index (χ0) is 26.3. The molecule has 2 saturated carbocycles. The van der Waals surface area contributed by atoms with E-state index in [1.54, 1.807) is 43.7 Å². The summed E-state index contributed by atoms with van der Waals surface area (Å²) in [4.78, 5) is 17.2. The summed E-state index contributed by atoms with van der Waals surface area (Å²) in [7, 11) is 0. The van der Waals surface area contributed by atoms with E-state index in [4.69, 9.17) is 10.5 Å². The summed E-state index contributed by atoms with van der Waals surface area (Å²) in [5.74, 6) is -7.21. The molecule has 0 unspecified atom stereocenters. The highest BCUT2D eigenvalue weighted by molar-refractivity contribution is 5.68. The molecular weight excluding hydrogens is 480 g/mol. The molecule has 1 amide bonds. The van der Waals surface area contributed by atoms with Crippen LogP contribution in [0.3, 0.4) is 0 Å². The van der Waals surface area contributed by atoms with Crippen LogP contribution in [0.1, 0.15) is 63.8 Å². The molecule has 0 saturated heterocycles. The summed E-state index contributed by atoms with van der Waals surface area (Å²) in [6.07, 6.45) is 2.59. The smallest absolute Gasteiger partial charge is 0.408 e. The van der Waals surface area contributed by atoms with Gasteiger partial charge in [-0.15, -0.1) is 0 Å². The lowest BCUT2D eigenvalue weighted by molar-refractivity contribution is -0.0500. The van der Waals surface area contributed by atoms with Crippen molar-refractivity contribution in [2.24, 2.45) is 23.5 Å². The Labute approximate surface area is 207 Å². The van der Waals surface area contributed by atoms with Crippen molar-refractivity contribution in [1.29, 1.82) is 0 Å². The number of nitrogens with zero attached hydrogens (tertiary/aromatic N) is 3. The molecule has 2 heterocycles. The van der Waals surface area contributed by atoms with Gasteiger partial charge in [0.25, 0.3) is 5.92 Å². The number of alkyl halides is 4. The van der Waals surface area contributed by atoms with Crippen molar-refractivity contribution in [2.45, 2.75) is 76.5 Å². The van der Waals surface area contributed by atoms with Gasteiger partial charge >= 0.3 is 6.09 Å². The maximum atomic E-state index is 13.8. The van der Waals surface area contributed by atoms with E-state index in [0.29, 0.717) is 17.9 Å². The third-order valence-electron chi connectivity index (χ3n) is 6.93. The van der Waals surface area contributed by atoms with Gasteiger partial charge < -0.3 is 21.1 Å². The van der Waals surface area contributed by atoms with E-state index in [2.05, 4.69) is 20.7 Å². The number of carbonyl (C=O) groups is 1. The van der Waals surface area contributed by atoms with Gasteiger partial charge in [-0.1, -0.05) is 0 Å². The second-order valence-corrected chi connectivity index (χ2v) is 10.9. The lowest BCUT2D eigenvalue weighted by Gasteiger charge is -2.33. The van der Waals surface area contributed by atoms with Crippen molar-refractivity contribution in [3.05, 3.63) is 29.7 Å². The zero-order valence-corrected chi connectivity index (χ0v) is 20.7. The summed E-state index contributed by atoms with van der Waals surface area (Å²) < 4.78 is 61.8. The minimum atomic E-state index is -2.72. The molecule has 0 aliphatic heterocycles. The first-order chi connectivity index (χ1) is 16.8. The molecule has 0 bridgehead atoms. The summed E-state index contributed by atoms with van der Waals surface area (Å²) in [5.41, 5.74) is 6.43. The predicted molar refractivity (Wildman–Crippen MR) is 125 cm³/mol. The normalized spacial score (nSPS) is 24.4. The minimum absolute atomic E-state index is 0.0408. The van der Waals surface area contributed by atoms with Crippen molar-refractivity contribution in [1.82, 2.24) is 25.2 Å². The highest BCUT2D eigenvalue weighted by atomic mass is 19.3. The first-order valence-corrected chi connectivity index (χ1v) is 12.3. The fourth-order valence-electron chi connectivity index (χ4n) is 4.88. The lowest BCUT2D eigenvalue weighted by Crippen LogP contribution is -2.40. The Morgan fingerprint density at radius 1 is 1.25 bits per heavy atom. The Kier molecular flexibility index (Phi) is 7.22. The van der Waals surface area contributed by atoms with Gasteiger partial charge in [-0.3, -0.25) is 0 Å². The Hall–Kier alpha value is -2.47. The van der Waals surface area contributed by atoms with E-state index < -0.39 is 41.4 Å². The average Bonchev–Trinajstić information content (AvgIpc) is 3.09. The molecule has 2 fully saturated rings. The van der Waals surface area contributed by atoms with Crippen LogP contribution in [0.5, 0.6) is 0 Å². The molecule has 3 atom stereocenters. The minimum Gasteiger partial charge on any atom is -0.444 e. The molecule has 8 nitrogen and oxygen atoms in total. The molecule has 0 radical (unpaired) electrons.